The van der Waals surface area contributed by atoms with E-state index >= 15 is 0 Å². The fourth-order valence-corrected chi connectivity index (χ4v) is 2.38. The average molecular weight is 308 g/mol. The van der Waals surface area contributed by atoms with Crippen LogP contribution in [-0.4, -0.2) is 40.5 Å². The molecule has 4 aromatic rings. The van der Waals surface area contributed by atoms with E-state index in [-0.39, 0.29) is 11.9 Å². The molecule has 4 aromatic heterocycles. The minimum atomic E-state index is -0.301. The molecule has 23 heavy (non-hydrogen) atoms. The van der Waals surface area contributed by atoms with Gasteiger partial charge in [-0.05, 0) is 41.6 Å². The van der Waals surface area contributed by atoms with E-state index in [1.54, 1.807) is 18.3 Å². The molecule has 0 aliphatic rings. The maximum Gasteiger partial charge on any atom is 0.253 e. The second-order valence-electron chi connectivity index (χ2n) is 5.08. The fourth-order valence-electron chi connectivity index (χ4n) is 2.38. The van der Waals surface area contributed by atoms with E-state index in [9.17, 15) is 4.79 Å². The molecule has 0 saturated carbocycles. The van der Waals surface area contributed by atoms with Crippen LogP contribution >= 0.6 is 0 Å². The van der Waals surface area contributed by atoms with E-state index in [4.69, 9.17) is 0 Å². The van der Waals surface area contributed by atoms with Crippen LogP contribution in [0.1, 0.15) is 29.1 Å². The number of aromatic nitrogens is 7. The van der Waals surface area contributed by atoms with Gasteiger partial charge in [0.25, 0.3) is 5.91 Å². The van der Waals surface area contributed by atoms with Crippen molar-refractivity contribution in [1.29, 1.82) is 0 Å². The van der Waals surface area contributed by atoms with Gasteiger partial charge in [0.2, 0.25) is 0 Å². The summed E-state index contributed by atoms with van der Waals surface area (Å²) in [5.41, 5.74) is 1.78. The summed E-state index contributed by atoms with van der Waals surface area (Å²) in [7, 11) is 0. The maximum atomic E-state index is 12.4. The van der Waals surface area contributed by atoms with Crippen LogP contribution in [0.2, 0.25) is 0 Å². The van der Waals surface area contributed by atoms with Crippen LogP contribution in [0.5, 0.6) is 0 Å². The van der Waals surface area contributed by atoms with Crippen molar-refractivity contribution in [3.8, 4) is 0 Å². The normalized spacial score (nSPS) is 12.6. The molecule has 0 aliphatic heterocycles. The summed E-state index contributed by atoms with van der Waals surface area (Å²) in [6.07, 6.45) is 3.44. The van der Waals surface area contributed by atoms with Crippen LogP contribution in [0.4, 0.5) is 0 Å². The monoisotopic (exact) mass is 308 g/mol. The number of hydrogen-bond donors (Lipinski definition) is 1. The third-order valence-electron chi connectivity index (χ3n) is 3.53. The number of tetrazole rings is 1. The van der Waals surface area contributed by atoms with Crippen LogP contribution in [0.3, 0.4) is 0 Å². The fraction of sp³-hybridized carbons (Fsp3) is 0.143. The summed E-state index contributed by atoms with van der Waals surface area (Å²) in [4.78, 5) is 12.4. The number of nitrogens with one attached hydrogen (secondary N) is 1. The van der Waals surface area contributed by atoms with Crippen LogP contribution in [0, 0.1) is 0 Å². The predicted molar refractivity (Wildman–Crippen MR) is 79.7 cm³/mol. The highest BCUT2D eigenvalue weighted by atomic mass is 16.1. The molecule has 9 nitrogen and oxygen atoms in total. The zero-order chi connectivity index (χ0) is 15.8. The van der Waals surface area contributed by atoms with E-state index in [0.717, 1.165) is 5.65 Å². The molecule has 0 saturated heterocycles. The van der Waals surface area contributed by atoms with Gasteiger partial charge in [0.15, 0.2) is 17.1 Å². The van der Waals surface area contributed by atoms with Crippen molar-refractivity contribution in [3.63, 3.8) is 0 Å². The van der Waals surface area contributed by atoms with Gasteiger partial charge in [-0.25, -0.2) is 0 Å². The third kappa shape index (κ3) is 2.27. The molecule has 4 heterocycles. The largest absolute Gasteiger partial charge is 0.342 e. The number of rotatable bonds is 3. The summed E-state index contributed by atoms with van der Waals surface area (Å²) in [5, 5.41) is 22.3. The Bertz CT molecular complexity index is 1000. The Labute approximate surface area is 130 Å². The molecule has 0 bridgehead atoms. The van der Waals surface area contributed by atoms with Crippen molar-refractivity contribution in [1.82, 2.24) is 40.0 Å². The molecule has 114 valence electrons. The highest BCUT2D eigenvalue weighted by molar-refractivity contribution is 5.94. The lowest BCUT2D eigenvalue weighted by atomic mass is 10.2. The highest BCUT2D eigenvalue weighted by Crippen LogP contribution is 2.13. The van der Waals surface area contributed by atoms with E-state index in [1.165, 1.54) is 4.52 Å². The minimum Gasteiger partial charge on any atom is -0.342 e. The SMILES string of the molecule is CC(NC(=O)c1ccc2nnnn2c1)c1nnc2ccccn12. The first-order chi connectivity index (χ1) is 11.2. The summed E-state index contributed by atoms with van der Waals surface area (Å²) >= 11 is 0. The number of fused-ring (bicyclic) bond motifs is 2. The van der Waals surface area contributed by atoms with Crippen molar-refractivity contribution in [3.05, 3.63) is 54.1 Å². The highest BCUT2D eigenvalue weighted by Gasteiger charge is 2.17. The van der Waals surface area contributed by atoms with E-state index in [2.05, 4.69) is 31.0 Å². The van der Waals surface area contributed by atoms with Gasteiger partial charge < -0.3 is 5.32 Å². The minimum absolute atomic E-state index is 0.234. The second-order valence-corrected chi connectivity index (χ2v) is 5.08. The molecule has 0 spiro atoms. The average Bonchev–Trinajstić information content (AvgIpc) is 3.20. The van der Waals surface area contributed by atoms with Crippen molar-refractivity contribution < 1.29 is 4.79 Å². The Hall–Kier alpha value is -3.36. The topological polar surface area (TPSA) is 102 Å². The molecule has 1 amide bonds. The summed E-state index contributed by atoms with van der Waals surface area (Å²) < 4.78 is 3.29. The van der Waals surface area contributed by atoms with Crippen LogP contribution < -0.4 is 5.32 Å². The standard InChI is InChI=1S/C14H12N8O/c1-9(13-18-16-11-4-2-3-7-21(11)13)15-14(23)10-5-6-12-17-19-20-22(12)8-10/h2-9H,1H3,(H,15,23). The second kappa shape index (κ2) is 5.13. The van der Waals surface area contributed by atoms with Crippen LogP contribution in [0.15, 0.2) is 42.7 Å². The van der Waals surface area contributed by atoms with E-state index in [1.807, 2.05) is 35.7 Å². The first-order valence-electron chi connectivity index (χ1n) is 7.00. The first-order valence-corrected chi connectivity index (χ1v) is 7.00. The zero-order valence-electron chi connectivity index (χ0n) is 12.2. The van der Waals surface area contributed by atoms with Gasteiger partial charge in [-0.3, -0.25) is 9.20 Å². The van der Waals surface area contributed by atoms with Gasteiger partial charge >= 0.3 is 0 Å². The van der Waals surface area contributed by atoms with Crippen molar-refractivity contribution in [2.75, 3.05) is 0 Å². The van der Waals surface area contributed by atoms with Crippen molar-refractivity contribution in [2.45, 2.75) is 13.0 Å². The third-order valence-corrected chi connectivity index (χ3v) is 3.53. The summed E-state index contributed by atoms with van der Waals surface area (Å²) in [6, 6.07) is 8.70. The molecule has 9 heteroatoms. The van der Waals surface area contributed by atoms with Crippen molar-refractivity contribution in [2.24, 2.45) is 0 Å². The lowest BCUT2D eigenvalue weighted by Crippen LogP contribution is -2.28. The Morgan fingerprint density at radius 1 is 1.13 bits per heavy atom. The number of carbonyl (C=O) groups excluding carboxylic acids is 1. The zero-order valence-corrected chi connectivity index (χ0v) is 12.2. The molecule has 1 N–H and O–H groups in total. The number of amides is 1. The number of nitrogens with zero attached hydrogens (tertiary/aromatic N) is 7. The van der Waals surface area contributed by atoms with Gasteiger partial charge in [0.1, 0.15) is 0 Å². The smallest absolute Gasteiger partial charge is 0.253 e. The Balaban J connectivity index is 1.60. The molecule has 0 fully saturated rings. The molecule has 1 unspecified atom stereocenters. The molecular weight excluding hydrogens is 296 g/mol. The van der Waals surface area contributed by atoms with Gasteiger partial charge in [-0.15, -0.1) is 15.3 Å². The Morgan fingerprint density at radius 2 is 2.04 bits per heavy atom. The van der Waals surface area contributed by atoms with E-state index in [0.29, 0.717) is 17.0 Å². The molecule has 0 radical (unpaired) electrons. The molecule has 0 aliphatic carbocycles. The number of pyridine rings is 2. The molecule has 0 aromatic carbocycles. The quantitative estimate of drug-likeness (QED) is 0.596. The molecule has 1 atom stereocenters. The number of carbonyl (C=O) groups is 1. The predicted octanol–water partition coefficient (Wildman–Crippen LogP) is 0.658. The van der Waals surface area contributed by atoms with Crippen molar-refractivity contribution >= 4 is 17.2 Å². The van der Waals surface area contributed by atoms with Gasteiger partial charge in [0.05, 0.1) is 11.6 Å². The maximum absolute atomic E-state index is 12.4. The summed E-state index contributed by atoms with van der Waals surface area (Å²) in [5.74, 6) is 0.431. The summed E-state index contributed by atoms with van der Waals surface area (Å²) in [6.45, 7) is 1.86. The Morgan fingerprint density at radius 3 is 2.96 bits per heavy atom. The number of hydrogen-bond acceptors (Lipinski definition) is 6. The van der Waals surface area contributed by atoms with Gasteiger partial charge in [-0.1, -0.05) is 6.07 Å². The van der Waals surface area contributed by atoms with Gasteiger partial charge in [-0.2, -0.15) is 4.52 Å². The Kier molecular flexibility index (Phi) is 2.97. The van der Waals surface area contributed by atoms with Crippen LogP contribution in [-0.2, 0) is 0 Å². The molecule has 4 rings (SSSR count). The van der Waals surface area contributed by atoms with E-state index < -0.39 is 0 Å². The van der Waals surface area contributed by atoms with Gasteiger partial charge in [0, 0.05) is 12.4 Å². The first kappa shape index (κ1) is 13.3. The van der Waals surface area contributed by atoms with Crippen LogP contribution in [0.25, 0.3) is 11.3 Å². The lowest BCUT2D eigenvalue weighted by Gasteiger charge is -2.12. The lowest BCUT2D eigenvalue weighted by molar-refractivity contribution is 0.0937. The molecular formula is C14H12N8O.